The zero-order chi connectivity index (χ0) is 14.5. The monoisotopic (exact) mass is 291 g/mol. The lowest BCUT2D eigenvalue weighted by atomic mass is 10.1. The molecule has 0 spiro atoms. The van der Waals surface area contributed by atoms with Crippen LogP contribution >= 0.6 is 11.8 Å². The van der Waals surface area contributed by atoms with Gasteiger partial charge in [0.2, 0.25) is 5.91 Å². The highest BCUT2D eigenvalue weighted by Crippen LogP contribution is 2.23. The van der Waals surface area contributed by atoms with E-state index >= 15 is 0 Å². The molecule has 1 aromatic rings. The maximum Gasteiger partial charge on any atom is 0.405 e. The predicted molar refractivity (Wildman–Crippen MR) is 70.3 cm³/mol. The quantitative estimate of drug-likeness (QED) is 0.843. The second-order valence-electron chi connectivity index (χ2n) is 4.13. The van der Waals surface area contributed by atoms with Crippen molar-refractivity contribution in [3.8, 4) is 0 Å². The molecule has 0 aliphatic heterocycles. The van der Waals surface area contributed by atoms with Crippen LogP contribution in [0, 0.1) is 6.92 Å². The maximum atomic E-state index is 11.9. The molecule has 0 aromatic heterocycles. The van der Waals surface area contributed by atoms with Gasteiger partial charge >= 0.3 is 6.18 Å². The van der Waals surface area contributed by atoms with Crippen molar-refractivity contribution in [1.29, 1.82) is 0 Å². The third kappa shape index (κ3) is 6.00. The number of thioether (sulfide) groups is 1. The lowest BCUT2D eigenvalue weighted by Gasteiger charge is -2.09. The standard InChI is InChI=1S/C13H16F3NOS/c1-3-10-4-5-11(9(2)6-10)19-7-12(18)17-8-13(14,15)16/h4-6H,3,7-8H2,1-2H3,(H,17,18). The minimum absolute atomic E-state index is 0.0115. The van der Waals surface area contributed by atoms with Gasteiger partial charge in [0.25, 0.3) is 0 Å². The van der Waals surface area contributed by atoms with Crippen molar-refractivity contribution < 1.29 is 18.0 Å². The van der Waals surface area contributed by atoms with Gasteiger partial charge in [0.1, 0.15) is 6.54 Å². The Morgan fingerprint density at radius 1 is 1.37 bits per heavy atom. The summed E-state index contributed by atoms with van der Waals surface area (Å²) in [7, 11) is 0. The fraction of sp³-hybridized carbons (Fsp3) is 0.462. The highest BCUT2D eigenvalue weighted by Gasteiger charge is 2.27. The Morgan fingerprint density at radius 3 is 2.58 bits per heavy atom. The highest BCUT2D eigenvalue weighted by molar-refractivity contribution is 8.00. The Kier molecular flexibility index (Phi) is 5.72. The molecule has 0 heterocycles. The maximum absolute atomic E-state index is 11.9. The number of carbonyl (C=O) groups excluding carboxylic acids is 1. The summed E-state index contributed by atoms with van der Waals surface area (Å²) in [5.41, 5.74) is 2.23. The number of halogens is 3. The summed E-state index contributed by atoms with van der Waals surface area (Å²) in [5.74, 6) is -0.621. The number of nitrogens with one attached hydrogen (secondary N) is 1. The number of hydrogen-bond acceptors (Lipinski definition) is 2. The van der Waals surface area contributed by atoms with Crippen LogP contribution < -0.4 is 5.32 Å². The SMILES string of the molecule is CCc1ccc(SCC(=O)NCC(F)(F)F)c(C)c1. The first kappa shape index (κ1) is 15.9. The number of aryl methyl sites for hydroxylation is 2. The second kappa shape index (κ2) is 6.84. The molecule has 0 aliphatic carbocycles. The molecule has 1 rings (SSSR count). The molecule has 0 saturated carbocycles. The van der Waals surface area contributed by atoms with Gasteiger partial charge in [-0.2, -0.15) is 13.2 Å². The fourth-order valence-electron chi connectivity index (χ4n) is 1.49. The van der Waals surface area contributed by atoms with Gasteiger partial charge in [-0.25, -0.2) is 0 Å². The van der Waals surface area contributed by atoms with Gasteiger partial charge in [0.15, 0.2) is 0 Å². The lowest BCUT2D eigenvalue weighted by Crippen LogP contribution is -2.34. The van der Waals surface area contributed by atoms with E-state index in [1.807, 2.05) is 37.4 Å². The van der Waals surface area contributed by atoms with Crippen LogP contribution in [0.4, 0.5) is 13.2 Å². The van der Waals surface area contributed by atoms with E-state index in [2.05, 4.69) is 0 Å². The lowest BCUT2D eigenvalue weighted by molar-refractivity contribution is -0.136. The van der Waals surface area contributed by atoms with Crippen molar-refractivity contribution in [2.75, 3.05) is 12.3 Å². The predicted octanol–water partition coefficient (Wildman–Crippen LogP) is 3.33. The number of rotatable bonds is 5. The smallest absolute Gasteiger partial charge is 0.346 e. The topological polar surface area (TPSA) is 29.1 Å². The first-order valence-electron chi connectivity index (χ1n) is 5.87. The normalized spacial score (nSPS) is 11.4. The summed E-state index contributed by atoms with van der Waals surface area (Å²) >= 11 is 1.25. The number of alkyl halides is 3. The molecule has 1 amide bonds. The van der Waals surface area contributed by atoms with E-state index in [1.54, 1.807) is 0 Å². The van der Waals surface area contributed by atoms with Gasteiger partial charge in [-0.3, -0.25) is 4.79 Å². The van der Waals surface area contributed by atoms with Crippen molar-refractivity contribution >= 4 is 17.7 Å². The van der Waals surface area contributed by atoms with Crippen LogP contribution in [-0.2, 0) is 11.2 Å². The van der Waals surface area contributed by atoms with Crippen molar-refractivity contribution in [3.63, 3.8) is 0 Å². The highest BCUT2D eigenvalue weighted by atomic mass is 32.2. The van der Waals surface area contributed by atoms with E-state index < -0.39 is 18.6 Å². The summed E-state index contributed by atoms with van der Waals surface area (Å²) in [5, 5.41) is 1.85. The van der Waals surface area contributed by atoms with Gasteiger partial charge < -0.3 is 5.32 Å². The number of hydrogen-bond donors (Lipinski definition) is 1. The molecule has 0 fully saturated rings. The number of carbonyl (C=O) groups is 1. The molecule has 6 heteroatoms. The summed E-state index contributed by atoms with van der Waals surface area (Å²) in [6.45, 7) is 2.70. The molecule has 0 aliphatic rings. The van der Waals surface area contributed by atoms with E-state index in [0.717, 1.165) is 16.9 Å². The Balaban J connectivity index is 2.46. The Morgan fingerprint density at radius 2 is 2.05 bits per heavy atom. The van der Waals surface area contributed by atoms with E-state index in [1.165, 1.54) is 17.3 Å². The van der Waals surface area contributed by atoms with Crippen LogP contribution in [0.3, 0.4) is 0 Å². The van der Waals surface area contributed by atoms with E-state index in [4.69, 9.17) is 0 Å². The zero-order valence-electron chi connectivity index (χ0n) is 10.8. The van der Waals surface area contributed by atoms with Crippen molar-refractivity contribution in [2.45, 2.75) is 31.3 Å². The third-order valence-electron chi connectivity index (χ3n) is 2.49. The molecule has 2 nitrogen and oxygen atoms in total. The summed E-state index contributed by atoms with van der Waals surface area (Å²) in [4.78, 5) is 12.2. The molecule has 0 bridgehead atoms. The van der Waals surface area contributed by atoms with Gasteiger partial charge in [-0.05, 0) is 30.5 Å². The molecule has 19 heavy (non-hydrogen) atoms. The van der Waals surface area contributed by atoms with Crippen LogP contribution in [0.25, 0.3) is 0 Å². The van der Waals surface area contributed by atoms with E-state index in [0.29, 0.717) is 0 Å². The third-order valence-corrected chi connectivity index (χ3v) is 3.67. The molecule has 0 atom stereocenters. The first-order valence-corrected chi connectivity index (χ1v) is 6.86. The Labute approximate surface area is 114 Å². The van der Waals surface area contributed by atoms with Crippen LogP contribution in [-0.4, -0.2) is 24.4 Å². The zero-order valence-corrected chi connectivity index (χ0v) is 11.6. The van der Waals surface area contributed by atoms with Crippen LogP contribution in [0.5, 0.6) is 0 Å². The van der Waals surface area contributed by atoms with Gasteiger partial charge in [0, 0.05) is 4.90 Å². The summed E-state index contributed by atoms with van der Waals surface area (Å²) in [6.07, 6.45) is -3.43. The van der Waals surface area contributed by atoms with Gasteiger partial charge in [0.05, 0.1) is 5.75 Å². The summed E-state index contributed by atoms with van der Waals surface area (Å²) < 4.78 is 35.7. The van der Waals surface area contributed by atoms with Crippen molar-refractivity contribution in [3.05, 3.63) is 29.3 Å². The second-order valence-corrected chi connectivity index (χ2v) is 5.15. The number of benzene rings is 1. The van der Waals surface area contributed by atoms with Crippen LogP contribution in [0.15, 0.2) is 23.1 Å². The van der Waals surface area contributed by atoms with Crippen LogP contribution in [0.2, 0.25) is 0 Å². The van der Waals surface area contributed by atoms with E-state index in [-0.39, 0.29) is 5.75 Å². The average Bonchev–Trinajstić information content (AvgIpc) is 2.34. The van der Waals surface area contributed by atoms with Gasteiger partial charge in [-0.15, -0.1) is 11.8 Å². The molecule has 0 saturated heterocycles. The molecular formula is C13H16F3NOS. The largest absolute Gasteiger partial charge is 0.405 e. The van der Waals surface area contributed by atoms with E-state index in [9.17, 15) is 18.0 Å². The minimum atomic E-state index is -4.36. The Hall–Kier alpha value is -1.17. The van der Waals surface area contributed by atoms with Gasteiger partial charge in [-0.1, -0.05) is 19.1 Å². The number of amides is 1. The van der Waals surface area contributed by atoms with Crippen molar-refractivity contribution in [2.24, 2.45) is 0 Å². The minimum Gasteiger partial charge on any atom is -0.346 e. The van der Waals surface area contributed by atoms with Crippen LogP contribution in [0.1, 0.15) is 18.1 Å². The average molecular weight is 291 g/mol. The molecule has 0 radical (unpaired) electrons. The first-order chi connectivity index (χ1) is 8.81. The molecule has 1 N–H and O–H groups in total. The molecule has 1 aromatic carbocycles. The van der Waals surface area contributed by atoms with Crippen molar-refractivity contribution in [1.82, 2.24) is 5.32 Å². The fourth-order valence-corrected chi connectivity index (χ4v) is 2.33. The molecule has 0 unspecified atom stereocenters. The Bertz CT molecular complexity index is 446. The molecular weight excluding hydrogens is 275 g/mol. The molecule has 106 valence electrons. The summed E-state index contributed by atoms with van der Waals surface area (Å²) in [6, 6.07) is 5.88.